The van der Waals surface area contributed by atoms with Crippen LogP contribution >= 0.6 is 11.6 Å². The van der Waals surface area contributed by atoms with Gasteiger partial charge in [0.05, 0.1) is 32.0 Å². The fraction of sp³-hybridized carbons (Fsp3) is 0.386. The lowest BCUT2D eigenvalue weighted by Crippen LogP contribution is -2.42. The Morgan fingerprint density at radius 1 is 0.709 bits per heavy atom. The molecule has 4 atom stereocenters. The van der Waals surface area contributed by atoms with E-state index in [1.165, 1.54) is 20.8 Å². The molecule has 0 amide bonds. The van der Waals surface area contributed by atoms with E-state index in [1.807, 2.05) is 91.0 Å². The molecular formula is C44H49ClO10. The number of halogens is 1. The Labute approximate surface area is 327 Å². The summed E-state index contributed by atoms with van der Waals surface area (Å²) in [6.45, 7) is 5.06. The number of carbonyl (C=O) groups is 3. The van der Waals surface area contributed by atoms with Crippen LogP contribution in [-0.4, -0.2) is 62.1 Å². The van der Waals surface area contributed by atoms with Gasteiger partial charge >= 0.3 is 17.9 Å². The van der Waals surface area contributed by atoms with Crippen molar-refractivity contribution in [1.82, 2.24) is 0 Å². The van der Waals surface area contributed by atoms with Crippen LogP contribution in [0.1, 0.15) is 74.0 Å². The SMILES string of the molecule is CC(=O)OCC(CC(OCc1ccccc1)C(OCc1ccccc1)C(OC(C)=O)c1ccc(Cl)c(Cc2ccc(OCCOC3CC3)cc2)c1)OC(C)=O. The minimum Gasteiger partial charge on any atom is -0.491 e. The fourth-order valence-corrected chi connectivity index (χ4v) is 6.21. The largest absolute Gasteiger partial charge is 0.491 e. The van der Waals surface area contributed by atoms with Gasteiger partial charge in [-0.1, -0.05) is 96.5 Å². The van der Waals surface area contributed by atoms with Crippen molar-refractivity contribution in [3.8, 4) is 5.75 Å². The molecule has 4 unspecified atom stereocenters. The van der Waals surface area contributed by atoms with Crippen molar-refractivity contribution in [3.05, 3.63) is 136 Å². The molecule has 0 bridgehead atoms. The first-order chi connectivity index (χ1) is 26.6. The van der Waals surface area contributed by atoms with Crippen molar-refractivity contribution >= 4 is 29.5 Å². The van der Waals surface area contributed by atoms with Gasteiger partial charge in [0.2, 0.25) is 0 Å². The number of esters is 3. The highest BCUT2D eigenvalue weighted by molar-refractivity contribution is 6.31. The first-order valence-corrected chi connectivity index (χ1v) is 18.9. The van der Waals surface area contributed by atoms with E-state index in [0.29, 0.717) is 36.3 Å². The monoisotopic (exact) mass is 772 g/mol. The summed E-state index contributed by atoms with van der Waals surface area (Å²) in [6.07, 6.45) is -0.470. The molecule has 1 aliphatic rings. The highest BCUT2D eigenvalue weighted by Crippen LogP contribution is 2.34. The normalized spacial score (nSPS) is 14.6. The zero-order valence-corrected chi connectivity index (χ0v) is 32.3. The Morgan fingerprint density at radius 2 is 1.35 bits per heavy atom. The van der Waals surface area contributed by atoms with Crippen LogP contribution in [0.3, 0.4) is 0 Å². The van der Waals surface area contributed by atoms with Crippen molar-refractivity contribution in [1.29, 1.82) is 0 Å². The van der Waals surface area contributed by atoms with E-state index < -0.39 is 42.3 Å². The fourth-order valence-electron chi connectivity index (χ4n) is 6.03. The summed E-state index contributed by atoms with van der Waals surface area (Å²) in [6, 6.07) is 32.5. The zero-order valence-electron chi connectivity index (χ0n) is 31.5. The third-order valence-corrected chi connectivity index (χ3v) is 9.17. The van der Waals surface area contributed by atoms with Gasteiger partial charge in [-0.15, -0.1) is 0 Å². The molecule has 0 heterocycles. The third kappa shape index (κ3) is 14.4. The molecule has 0 radical (unpaired) electrons. The first-order valence-electron chi connectivity index (χ1n) is 18.5. The second-order valence-corrected chi connectivity index (χ2v) is 13.9. The predicted molar refractivity (Wildman–Crippen MR) is 207 cm³/mol. The molecule has 1 saturated carbocycles. The van der Waals surface area contributed by atoms with Gasteiger partial charge in [0.25, 0.3) is 0 Å². The van der Waals surface area contributed by atoms with E-state index >= 15 is 0 Å². The van der Waals surface area contributed by atoms with Gasteiger partial charge in [-0.25, -0.2) is 0 Å². The molecule has 5 rings (SSSR count). The molecule has 10 nitrogen and oxygen atoms in total. The average Bonchev–Trinajstić information content (AvgIpc) is 4.00. The van der Waals surface area contributed by atoms with Crippen LogP contribution in [0.5, 0.6) is 5.75 Å². The van der Waals surface area contributed by atoms with E-state index in [-0.39, 0.29) is 26.2 Å². The molecular weight excluding hydrogens is 724 g/mol. The highest BCUT2D eigenvalue weighted by Gasteiger charge is 2.38. The lowest BCUT2D eigenvalue weighted by atomic mass is 9.93. The van der Waals surface area contributed by atoms with Crippen molar-refractivity contribution in [2.24, 2.45) is 0 Å². The van der Waals surface area contributed by atoms with Crippen molar-refractivity contribution in [2.45, 2.75) is 90.2 Å². The molecule has 0 aromatic heterocycles. The second kappa shape index (κ2) is 21.4. The molecule has 0 spiro atoms. The lowest BCUT2D eigenvalue weighted by Gasteiger charge is -2.35. The molecule has 1 fully saturated rings. The molecule has 1 aliphatic carbocycles. The van der Waals surface area contributed by atoms with Gasteiger partial charge < -0.3 is 33.2 Å². The van der Waals surface area contributed by atoms with E-state index in [1.54, 1.807) is 12.1 Å². The van der Waals surface area contributed by atoms with Gasteiger partial charge in [-0.05, 0) is 65.3 Å². The molecule has 55 heavy (non-hydrogen) atoms. The molecule has 4 aromatic rings. The minimum absolute atomic E-state index is 0.0541. The van der Waals surface area contributed by atoms with Gasteiger partial charge in [0, 0.05) is 32.2 Å². The van der Waals surface area contributed by atoms with Crippen LogP contribution in [0.25, 0.3) is 0 Å². The lowest BCUT2D eigenvalue weighted by molar-refractivity contribution is -0.180. The van der Waals surface area contributed by atoms with E-state index in [4.69, 9.17) is 44.8 Å². The maximum Gasteiger partial charge on any atom is 0.303 e. The summed E-state index contributed by atoms with van der Waals surface area (Å²) in [4.78, 5) is 36.9. The van der Waals surface area contributed by atoms with Gasteiger partial charge in [0.1, 0.15) is 31.2 Å². The van der Waals surface area contributed by atoms with Crippen LogP contribution in [-0.2, 0) is 62.4 Å². The standard InChI is InChI=1S/C44H49ClO10/c1-30(46)51-29-40(54-31(2)47)26-42(52-27-34-10-6-4-7-11-34)44(53-28-35-12-8-5-9-13-35)43(55-32(3)48)36-16-21-41(45)37(25-36)24-33-14-17-38(18-15-33)49-22-23-50-39-19-20-39/h4-18,21,25,39-40,42-44H,19-20,22-24,26-29H2,1-3H3. The second-order valence-electron chi connectivity index (χ2n) is 13.5. The van der Waals surface area contributed by atoms with Crippen LogP contribution in [0.15, 0.2) is 103 Å². The Bertz CT molecular complexity index is 1800. The summed E-state index contributed by atoms with van der Waals surface area (Å²) in [5.74, 6) is -0.866. The molecule has 292 valence electrons. The molecule has 0 saturated heterocycles. The van der Waals surface area contributed by atoms with Gasteiger partial charge in [-0.3, -0.25) is 14.4 Å². The minimum atomic E-state index is -0.988. The summed E-state index contributed by atoms with van der Waals surface area (Å²) in [5, 5.41) is 0.540. The smallest absolute Gasteiger partial charge is 0.303 e. The van der Waals surface area contributed by atoms with Crippen LogP contribution in [0.4, 0.5) is 0 Å². The number of benzene rings is 4. The Hall–Kier alpha value is -4.74. The quantitative estimate of drug-likeness (QED) is 0.0440. The Kier molecular flexibility index (Phi) is 16.1. The predicted octanol–water partition coefficient (Wildman–Crippen LogP) is 8.15. The highest BCUT2D eigenvalue weighted by atomic mass is 35.5. The van der Waals surface area contributed by atoms with E-state index in [0.717, 1.165) is 40.8 Å². The zero-order chi connectivity index (χ0) is 39.0. The average molecular weight is 773 g/mol. The number of hydrogen-bond acceptors (Lipinski definition) is 10. The summed E-state index contributed by atoms with van der Waals surface area (Å²) in [7, 11) is 0. The molecule has 11 heteroatoms. The number of rotatable bonds is 22. The maximum absolute atomic E-state index is 12.9. The Morgan fingerprint density at radius 3 is 1.95 bits per heavy atom. The van der Waals surface area contributed by atoms with E-state index in [2.05, 4.69) is 0 Å². The maximum atomic E-state index is 12.9. The number of ether oxygens (including phenoxy) is 7. The van der Waals surface area contributed by atoms with Gasteiger partial charge in [-0.2, -0.15) is 0 Å². The molecule has 0 N–H and O–H groups in total. The molecule has 0 aliphatic heterocycles. The summed E-state index contributed by atoms with van der Waals surface area (Å²) in [5.41, 5.74) is 4.20. The van der Waals surface area contributed by atoms with Crippen molar-refractivity contribution in [3.63, 3.8) is 0 Å². The summed E-state index contributed by atoms with van der Waals surface area (Å²) >= 11 is 6.79. The molecule has 4 aromatic carbocycles. The van der Waals surface area contributed by atoms with Gasteiger partial charge in [0.15, 0.2) is 6.10 Å². The summed E-state index contributed by atoms with van der Waals surface area (Å²) < 4.78 is 41.8. The topological polar surface area (TPSA) is 116 Å². The number of carbonyl (C=O) groups excluding carboxylic acids is 3. The van der Waals surface area contributed by atoms with Crippen LogP contribution in [0.2, 0.25) is 5.02 Å². The van der Waals surface area contributed by atoms with Crippen LogP contribution in [0, 0.1) is 0 Å². The van der Waals surface area contributed by atoms with Crippen LogP contribution < -0.4 is 4.74 Å². The number of hydrogen-bond donors (Lipinski definition) is 0. The van der Waals surface area contributed by atoms with Crippen molar-refractivity contribution < 1.29 is 47.5 Å². The van der Waals surface area contributed by atoms with Crippen molar-refractivity contribution in [2.75, 3.05) is 19.8 Å². The Balaban J connectivity index is 1.46. The first kappa shape index (κ1) is 41.4. The third-order valence-electron chi connectivity index (χ3n) is 8.80. The van der Waals surface area contributed by atoms with E-state index in [9.17, 15) is 14.4 Å².